The number of benzene rings is 4. The van der Waals surface area contributed by atoms with Crippen molar-refractivity contribution >= 4 is 0 Å². The van der Waals surface area contributed by atoms with Crippen LogP contribution in [0, 0.1) is 17.5 Å². The molecule has 0 heterocycles. The lowest BCUT2D eigenvalue weighted by molar-refractivity contribution is 0.321. The second-order valence-corrected chi connectivity index (χ2v) is 8.13. The van der Waals surface area contributed by atoms with Crippen molar-refractivity contribution in [2.45, 2.75) is 26.7 Å². The van der Waals surface area contributed by atoms with Gasteiger partial charge in [0.05, 0.1) is 13.2 Å². The van der Waals surface area contributed by atoms with Gasteiger partial charge in [0.25, 0.3) is 0 Å². The van der Waals surface area contributed by atoms with E-state index in [0.29, 0.717) is 42.9 Å². The van der Waals surface area contributed by atoms with Gasteiger partial charge in [-0.05, 0) is 78.8 Å². The largest absolute Gasteiger partial charge is 0.494 e. The topological polar surface area (TPSA) is 18.5 Å². The molecule has 180 valence electrons. The van der Waals surface area contributed by atoms with Crippen molar-refractivity contribution in [2.24, 2.45) is 0 Å². The molecule has 0 bridgehead atoms. The predicted octanol–water partition coefficient (Wildman–Crippen LogP) is 8.02. The molecular formula is C30H27F3O2. The molecule has 0 spiro atoms. The number of ether oxygens (including phenoxy) is 2. The van der Waals surface area contributed by atoms with Gasteiger partial charge in [-0.15, -0.1) is 0 Å². The van der Waals surface area contributed by atoms with E-state index < -0.39 is 17.5 Å². The van der Waals surface area contributed by atoms with Crippen LogP contribution in [0.2, 0.25) is 0 Å². The van der Waals surface area contributed by atoms with Crippen LogP contribution in [-0.4, -0.2) is 13.2 Å². The number of halogens is 3. The molecule has 0 amide bonds. The molecule has 5 heteroatoms. The Hall–Kier alpha value is -3.73. The molecule has 0 atom stereocenters. The van der Waals surface area contributed by atoms with Crippen molar-refractivity contribution in [3.05, 3.63) is 107 Å². The van der Waals surface area contributed by atoms with Gasteiger partial charge in [0, 0.05) is 5.56 Å². The standard InChI is InChI=1S/C30H27F3O2/c1-3-34-25-15-11-22(12-16-25)26-17-13-23(29(32)30(26)33)10-7-20-5-8-21(9-6-20)24-14-18-28(35-4-2)27(31)19-24/h5-6,8-9,11-19H,3-4,7,10H2,1-2H3. The maximum absolute atomic E-state index is 14.8. The third-order valence-electron chi connectivity index (χ3n) is 5.84. The Morgan fingerprint density at radius 3 is 1.91 bits per heavy atom. The number of aryl methyl sites for hydroxylation is 2. The van der Waals surface area contributed by atoms with Crippen LogP contribution in [0.3, 0.4) is 0 Å². The summed E-state index contributed by atoms with van der Waals surface area (Å²) in [5.74, 6) is -1.15. The molecule has 4 aromatic carbocycles. The van der Waals surface area contributed by atoms with Gasteiger partial charge in [-0.3, -0.25) is 0 Å². The Morgan fingerprint density at radius 1 is 0.600 bits per heavy atom. The zero-order valence-corrected chi connectivity index (χ0v) is 19.8. The van der Waals surface area contributed by atoms with Crippen LogP contribution in [0.1, 0.15) is 25.0 Å². The summed E-state index contributed by atoms with van der Waals surface area (Å²) in [5.41, 5.74) is 3.74. The van der Waals surface area contributed by atoms with E-state index in [1.165, 1.54) is 6.07 Å². The van der Waals surface area contributed by atoms with E-state index in [9.17, 15) is 13.2 Å². The van der Waals surface area contributed by atoms with Crippen molar-refractivity contribution in [1.29, 1.82) is 0 Å². The molecule has 4 aromatic rings. The lowest BCUT2D eigenvalue weighted by Gasteiger charge is -2.11. The SMILES string of the molecule is CCOc1ccc(-c2ccc(CCc3ccc(-c4ccc(OCC)c(F)c4)cc3)c(F)c2F)cc1. The normalized spacial score (nSPS) is 10.9. The van der Waals surface area contributed by atoms with Crippen molar-refractivity contribution in [3.63, 3.8) is 0 Å². The molecule has 0 aliphatic carbocycles. The summed E-state index contributed by atoms with van der Waals surface area (Å²) < 4.78 is 54.5. The zero-order valence-electron chi connectivity index (χ0n) is 19.8. The maximum atomic E-state index is 14.8. The van der Waals surface area contributed by atoms with Gasteiger partial charge in [0.15, 0.2) is 23.2 Å². The minimum atomic E-state index is -0.848. The second kappa shape index (κ2) is 11.1. The van der Waals surface area contributed by atoms with Gasteiger partial charge in [0.2, 0.25) is 0 Å². The maximum Gasteiger partial charge on any atom is 0.166 e. The summed E-state index contributed by atoms with van der Waals surface area (Å²) in [6.45, 7) is 4.64. The van der Waals surface area contributed by atoms with Crippen LogP contribution in [-0.2, 0) is 12.8 Å². The monoisotopic (exact) mass is 476 g/mol. The third-order valence-corrected chi connectivity index (χ3v) is 5.84. The van der Waals surface area contributed by atoms with E-state index in [1.54, 1.807) is 42.5 Å². The Bertz CT molecular complexity index is 1280. The van der Waals surface area contributed by atoms with Crippen molar-refractivity contribution in [3.8, 4) is 33.8 Å². The van der Waals surface area contributed by atoms with Gasteiger partial charge in [0.1, 0.15) is 5.75 Å². The summed E-state index contributed by atoms with van der Waals surface area (Å²) in [5, 5.41) is 0. The summed E-state index contributed by atoms with van der Waals surface area (Å²) in [6.07, 6.45) is 0.917. The Morgan fingerprint density at radius 2 is 1.26 bits per heavy atom. The lowest BCUT2D eigenvalue weighted by Crippen LogP contribution is -2.00. The number of hydrogen-bond acceptors (Lipinski definition) is 2. The smallest absolute Gasteiger partial charge is 0.166 e. The van der Waals surface area contributed by atoms with Crippen LogP contribution in [0.15, 0.2) is 78.9 Å². The average Bonchev–Trinajstić information content (AvgIpc) is 2.87. The molecule has 0 fully saturated rings. The molecule has 0 saturated carbocycles. The zero-order chi connectivity index (χ0) is 24.8. The molecular weight excluding hydrogens is 449 g/mol. The van der Waals surface area contributed by atoms with Gasteiger partial charge in [-0.1, -0.05) is 54.6 Å². The van der Waals surface area contributed by atoms with Gasteiger partial charge in [-0.25, -0.2) is 13.2 Å². The van der Waals surface area contributed by atoms with Gasteiger partial charge in [-0.2, -0.15) is 0 Å². The average molecular weight is 477 g/mol. The molecule has 0 N–H and O–H groups in total. The lowest BCUT2D eigenvalue weighted by atomic mass is 9.97. The van der Waals surface area contributed by atoms with Gasteiger partial charge >= 0.3 is 0 Å². The molecule has 2 nitrogen and oxygen atoms in total. The molecule has 0 aliphatic heterocycles. The van der Waals surface area contributed by atoms with E-state index in [1.807, 2.05) is 44.2 Å². The second-order valence-electron chi connectivity index (χ2n) is 8.13. The third kappa shape index (κ3) is 5.68. The predicted molar refractivity (Wildman–Crippen MR) is 133 cm³/mol. The van der Waals surface area contributed by atoms with Crippen LogP contribution >= 0.6 is 0 Å². The van der Waals surface area contributed by atoms with Crippen LogP contribution in [0.5, 0.6) is 11.5 Å². The molecule has 0 aromatic heterocycles. The Kier molecular flexibility index (Phi) is 7.76. The summed E-state index contributed by atoms with van der Waals surface area (Å²) in [7, 11) is 0. The van der Waals surface area contributed by atoms with E-state index in [4.69, 9.17) is 9.47 Å². The fourth-order valence-corrected chi connectivity index (χ4v) is 4.00. The fraction of sp³-hybridized carbons (Fsp3) is 0.200. The van der Waals surface area contributed by atoms with Gasteiger partial charge < -0.3 is 9.47 Å². The fourth-order valence-electron chi connectivity index (χ4n) is 4.00. The molecule has 0 saturated heterocycles. The van der Waals surface area contributed by atoms with Crippen LogP contribution < -0.4 is 9.47 Å². The highest BCUT2D eigenvalue weighted by molar-refractivity contribution is 5.66. The molecule has 4 rings (SSSR count). The highest BCUT2D eigenvalue weighted by Gasteiger charge is 2.15. The molecule has 0 unspecified atom stereocenters. The van der Waals surface area contributed by atoms with Crippen molar-refractivity contribution in [2.75, 3.05) is 13.2 Å². The Balaban J connectivity index is 1.44. The summed E-state index contributed by atoms with van der Waals surface area (Å²) in [6, 6.07) is 22.7. The van der Waals surface area contributed by atoms with E-state index in [0.717, 1.165) is 16.7 Å². The highest BCUT2D eigenvalue weighted by Crippen LogP contribution is 2.29. The first-order chi connectivity index (χ1) is 17.0. The van der Waals surface area contributed by atoms with Crippen molar-refractivity contribution < 1.29 is 22.6 Å². The minimum absolute atomic E-state index is 0.223. The first-order valence-corrected chi connectivity index (χ1v) is 11.7. The van der Waals surface area contributed by atoms with E-state index in [2.05, 4.69) is 0 Å². The highest BCUT2D eigenvalue weighted by atomic mass is 19.2. The quantitative estimate of drug-likeness (QED) is 0.244. The number of rotatable bonds is 9. The summed E-state index contributed by atoms with van der Waals surface area (Å²) in [4.78, 5) is 0. The first kappa shape index (κ1) is 24.4. The van der Waals surface area contributed by atoms with E-state index >= 15 is 0 Å². The minimum Gasteiger partial charge on any atom is -0.494 e. The first-order valence-electron chi connectivity index (χ1n) is 11.7. The van der Waals surface area contributed by atoms with Crippen LogP contribution in [0.4, 0.5) is 13.2 Å². The van der Waals surface area contributed by atoms with Crippen molar-refractivity contribution in [1.82, 2.24) is 0 Å². The Labute approximate surface area is 204 Å². The molecule has 0 aliphatic rings. The van der Waals surface area contributed by atoms with Crippen LogP contribution in [0.25, 0.3) is 22.3 Å². The molecule has 35 heavy (non-hydrogen) atoms. The van der Waals surface area contributed by atoms with E-state index in [-0.39, 0.29) is 11.3 Å². The number of hydrogen-bond donors (Lipinski definition) is 0. The summed E-state index contributed by atoms with van der Waals surface area (Å²) >= 11 is 0. The molecule has 0 radical (unpaired) electrons.